The molecule has 7 nitrogen and oxygen atoms in total. The number of rotatable bonds is 4. The number of nitrogens with zero attached hydrogens (tertiary/aromatic N) is 1. The summed E-state index contributed by atoms with van der Waals surface area (Å²) in [5, 5.41) is 24.3. The van der Waals surface area contributed by atoms with E-state index in [1.165, 1.54) is 12.1 Å². The molecule has 1 aliphatic heterocycles. The lowest BCUT2D eigenvalue weighted by Crippen LogP contribution is -2.49. The largest absolute Gasteiger partial charge is 0.507 e. The molecule has 2 atom stereocenters. The van der Waals surface area contributed by atoms with Gasteiger partial charge in [0.15, 0.2) is 0 Å². The van der Waals surface area contributed by atoms with Crippen molar-refractivity contribution in [3.8, 4) is 11.5 Å². The molecular formula is C21H27N3O4. The molecule has 3 rings (SSSR count). The standard InChI is InChI=1S/C21H27N3O4/c1-12(22)21(28)24-8-6-14(7-9-24)13(2)23-20(27)17-10-15-4-3-5-18(25)16(15)11-19(17)26/h3-5,10-14,25-26H,6-9,22H2,1-2H3,(H,23,27). The van der Waals surface area contributed by atoms with Crippen molar-refractivity contribution in [3.05, 3.63) is 35.9 Å². The van der Waals surface area contributed by atoms with Crippen LogP contribution in [0, 0.1) is 5.92 Å². The lowest BCUT2D eigenvalue weighted by Gasteiger charge is -2.35. The minimum atomic E-state index is -0.496. The second-order valence-corrected chi connectivity index (χ2v) is 7.58. The number of phenols is 2. The fraction of sp³-hybridized carbons (Fsp3) is 0.429. The highest BCUT2D eigenvalue weighted by molar-refractivity contribution is 6.02. The molecule has 0 bridgehead atoms. The molecule has 0 saturated carbocycles. The average molecular weight is 385 g/mol. The zero-order chi connectivity index (χ0) is 20.4. The van der Waals surface area contributed by atoms with Crippen LogP contribution in [0.5, 0.6) is 11.5 Å². The van der Waals surface area contributed by atoms with Gasteiger partial charge < -0.3 is 26.2 Å². The van der Waals surface area contributed by atoms with E-state index in [4.69, 9.17) is 5.73 Å². The number of amides is 2. The lowest BCUT2D eigenvalue weighted by molar-refractivity contribution is -0.133. The first-order chi connectivity index (χ1) is 13.3. The van der Waals surface area contributed by atoms with Crippen LogP contribution >= 0.6 is 0 Å². The second-order valence-electron chi connectivity index (χ2n) is 7.58. The van der Waals surface area contributed by atoms with Crippen LogP contribution in [0.2, 0.25) is 0 Å². The minimum absolute atomic E-state index is 0.0422. The predicted octanol–water partition coefficient (Wildman–Crippen LogP) is 1.96. The minimum Gasteiger partial charge on any atom is -0.507 e. The molecule has 0 radical (unpaired) electrons. The number of aromatic hydroxyl groups is 2. The van der Waals surface area contributed by atoms with Gasteiger partial charge in [0.25, 0.3) is 5.91 Å². The average Bonchev–Trinajstić information content (AvgIpc) is 2.67. The smallest absolute Gasteiger partial charge is 0.255 e. The number of phenolic OH excluding ortho intramolecular Hbond substituents is 2. The van der Waals surface area contributed by atoms with Crippen molar-refractivity contribution < 1.29 is 19.8 Å². The van der Waals surface area contributed by atoms with Gasteiger partial charge in [0.2, 0.25) is 5.91 Å². The maximum absolute atomic E-state index is 12.7. The highest BCUT2D eigenvalue weighted by Crippen LogP contribution is 2.31. The molecule has 28 heavy (non-hydrogen) atoms. The number of hydrogen-bond donors (Lipinski definition) is 4. The topological polar surface area (TPSA) is 116 Å². The van der Waals surface area contributed by atoms with Crippen LogP contribution in [-0.2, 0) is 4.79 Å². The van der Waals surface area contributed by atoms with Gasteiger partial charge in [0.05, 0.1) is 11.6 Å². The number of piperidine rings is 1. The van der Waals surface area contributed by atoms with Gasteiger partial charge in [-0.25, -0.2) is 0 Å². The van der Waals surface area contributed by atoms with Crippen molar-refractivity contribution in [1.82, 2.24) is 10.2 Å². The Hall–Kier alpha value is -2.80. The van der Waals surface area contributed by atoms with Crippen LogP contribution in [0.4, 0.5) is 0 Å². The third kappa shape index (κ3) is 4.04. The molecule has 0 spiro atoms. The first-order valence-electron chi connectivity index (χ1n) is 9.58. The number of carbonyl (C=O) groups is 2. The summed E-state index contributed by atoms with van der Waals surface area (Å²) in [4.78, 5) is 26.5. The van der Waals surface area contributed by atoms with E-state index >= 15 is 0 Å². The van der Waals surface area contributed by atoms with Gasteiger partial charge in [0, 0.05) is 24.5 Å². The number of likely N-dealkylation sites (tertiary alicyclic amines) is 1. The highest BCUT2D eigenvalue weighted by Gasteiger charge is 2.28. The summed E-state index contributed by atoms with van der Waals surface area (Å²) in [5.74, 6) is -0.270. The third-order valence-corrected chi connectivity index (χ3v) is 5.52. The molecule has 7 heteroatoms. The third-order valence-electron chi connectivity index (χ3n) is 5.52. The number of carbonyl (C=O) groups excluding carboxylic acids is 2. The summed E-state index contributed by atoms with van der Waals surface area (Å²) in [5.41, 5.74) is 5.84. The molecular weight excluding hydrogens is 358 g/mol. The molecule has 1 fully saturated rings. The zero-order valence-electron chi connectivity index (χ0n) is 16.2. The number of fused-ring (bicyclic) bond motifs is 1. The molecule has 0 aromatic heterocycles. The summed E-state index contributed by atoms with van der Waals surface area (Å²) in [7, 11) is 0. The molecule has 2 amide bonds. The monoisotopic (exact) mass is 385 g/mol. The van der Waals surface area contributed by atoms with Gasteiger partial charge >= 0.3 is 0 Å². The fourth-order valence-corrected chi connectivity index (χ4v) is 3.79. The summed E-state index contributed by atoms with van der Waals surface area (Å²) in [6, 6.07) is 7.39. The molecule has 150 valence electrons. The van der Waals surface area contributed by atoms with E-state index in [1.807, 2.05) is 6.92 Å². The molecule has 1 heterocycles. The fourth-order valence-electron chi connectivity index (χ4n) is 3.79. The Labute approximate surface area is 164 Å². The van der Waals surface area contributed by atoms with Gasteiger partial charge in [0.1, 0.15) is 11.5 Å². The summed E-state index contributed by atoms with van der Waals surface area (Å²) >= 11 is 0. The molecule has 2 unspecified atom stereocenters. The van der Waals surface area contributed by atoms with E-state index in [-0.39, 0.29) is 40.8 Å². The van der Waals surface area contributed by atoms with E-state index in [2.05, 4.69) is 5.32 Å². The molecule has 2 aromatic carbocycles. The van der Waals surface area contributed by atoms with Crippen molar-refractivity contribution >= 4 is 22.6 Å². The van der Waals surface area contributed by atoms with Gasteiger partial charge in [-0.05, 0) is 56.2 Å². The van der Waals surface area contributed by atoms with Crippen LogP contribution in [0.1, 0.15) is 37.0 Å². The Morgan fingerprint density at radius 3 is 2.46 bits per heavy atom. The molecule has 1 aliphatic rings. The highest BCUT2D eigenvalue weighted by atomic mass is 16.3. The van der Waals surface area contributed by atoms with Crippen LogP contribution in [0.3, 0.4) is 0 Å². The molecule has 1 saturated heterocycles. The number of benzene rings is 2. The maximum Gasteiger partial charge on any atom is 0.255 e. The molecule has 0 aliphatic carbocycles. The summed E-state index contributed by atoms with van der Waals surface area (Å²) in [6.07, 6.45) is 1.58. The van der Waals surface area contributed by atoms with Crippen LogP contribution < -0.4 is 11.1 Å². The van der Waals surface area contributed by atoms with Crippen LogP contribution in [0.15, 0.2) is 30.3 Å². The van der Waals surface area contributed by atoms with Crippen molar-refractivity contribution in [1.29, 1.82) is 0 Å². The Morgan fingerprint density at radius 2 is 1.82 bits per heavy atom. The summed E-state index contributed by atoms with van der Waals surface area (Å²) in [6.45, 7) is 4.89. The van der Waals surface area contributed by atoms with E-state index in [0.717, 1.165) is 12.8 Å². The van der Waals surface area contributed by atoms with E-state index in [0.29, 0.717) is 23.9 Å². The summed E-state index contributed by atoms with van der Waals surface area (Å²) < 4.78 is 0. The normalized spacial score (nSPS) is 17.3. The molecule has 5 N–H and O–H groups in total. The number of hydrogen-bond acceptors (Lipinski definition) is 5. The van der Waals surface area contributed by atoms with Gasteiger partial charge in [-0.15, -0.1) is 0 Å². The quantitative estimate of drug-likeness (QED) is 0.642. The van der Waals surface area contributed by atoms with E-state index < -0.39 is 6.04 Å². The van der Waals surface area contributed by atoms with Crippen LogP contribution in [0.25, 0.3) is 10.8 Å². The van der Waals surface area contributed by atoms with Crippen molar-refractivity contribution in [2.45, 2.75) is 38.8 Å². The number of nitrogens with one attached hydrogen (secondary N) is 1. The zero-order valence-corrected chi connectivity index (χ0v) is 16.2. The van der Waals surface area contributed by atoms with Gasteiger partial charge in [-0.3, -0.25) is 9.59 Å². The Morgan fingerprint density at radius 1 is 1.14 bits per heavy atom. The van der Waals surface area contributed by atoms with Crippen LogP contribution in [-0.4, -0.2) is 52.1 Å². The first-order valence-corrected chi connectivity index (χ1v) is 9.58. The lowest BCUT2D eigenvalue weighted by atomic mass is 9.90. The van der Waals surface area contributed by atoms with Crippen molar-refractivity contribution in [2.75, 3.05) is 13.1 Å². The van der Waals surface area contributed by atoms with E-state index in [1.54, 1.807) is 30.0 Å². The van der Waals surface area contributed by atoms with Gasteiger partial charge in [-0.1, -0.05) is 12.1 Å². The predicted molar refractivity (Wildman–Crippen MR) is 107 cm³/mol. The second kappa shape index (κ2) is 8.06. The Balaban J connectivity index is 1.66. The maximum atomic E-state index is 12.7. The van der Waals surface area contributed by atoms with Crippen molar-refractivity contribution in [2.24, 2.45) is 11.7 Å². The number of nitrogens with two attached hydrogens (primary N) is 1. The molecule has 2 aromatic rings. The van der Waals surface area contributed by atoms with Gasteiger partial charge in [-0.2, -0.15) is 0 Å². The Kier molecular flexibility index (Phi) is 5.74. The Bertz CT molecular complexity index is 889. The van der Waals surface area contributed by atoms with E-state index in [9.17, 15) is 19.8 Å². The SMILES string of the molecule is CC(N)C(=O)N1CCC(C(C)NC(=O)c2cc3cccc(O)c3cc2O)CC1. The van der Waals surface area contributed by atoms with Crippen molar-refractivity contribution in [3.63, 3.8) is 0 Å². The first kappa shape index (κ1) is 19.9.